The van der Waals surface area contributed by atoms with Gasteiger partial charge in [-0.3, -0.25) is 4.79 Å². The summed E-state index contributed by atoms with van der Waals surface area (Å²) < 4.78 is 23.9. The lowest BCUT2D eigenvalue weighted by atomic mass is 10.1. The fraction of sp³-hybridized carbons (Fsp3) is 0.318. The van der Waals surface area contributed by atoms with Crippen molar-refractivity contribution in [2.45, 2.75) is 6.92 Å². The summed E-state index contributed by atoms with van der Waals surface area (Å²) in [5.41, 5.74) is 1.85. The largest absolute Gasteiger partial charge is 0.493 e. The molecule has 3 rings (SSSR count). The molecule has 0 bridgehead atoms. The number of amides is 1. The molecule has 0 atom stereocenters. The molecule has 0 spiro atoms. The van der Waals surface area contributed by atoms with E-state index in [4.69, 9.17) is 9.47 Å². The Morgan fingerprint density at radius 2 is 1.79 bits per heavy atom. The third-order valence-corrected chi connectivity index (χ3v) is 4.69. The number of nitrogens with zero attached hydrogens (tertiary/aromatic N) is 2. The molecule has 28 heavy (non-hydrogen) atoms. The molecule has 2 aromatic carbocycles. The van der Waals surface area contributed by atoms with Gasteiger partial charge in [-0.25, -0.2) is 4.39 Å². The zero-order valence-corrected chi connectivity index (χ0v) is 16.2. The van der Waals surface area contributed by atoms with Crippen LogP contribution in [0.1, 0.15) is 12.5 Å². The highest BCUT2D eigenvalue weighted by molar-refractivity contribution is 5.92. The lowest BCUT2D eigenvalue weighted by Gasteiger charge is -2.35. The van der Waals surface area contributed by atoms with Crippen molar-refractivity contribution in [2.24, 2.45) is 0 Å². The third kappa shape index (κ3) is 4.82. The van der Waals surface area contributed by atoms with E-state index in [9.17, 15) is 9.18 Å². The minimum Gasteiger partial charge on any atom is -0.493 e. The summed E-state index contributed by atoms with van der Waals surface area (Å²) in [5, 5.41) is 0. The number of methoxy groups -OCH3 is 1. The molecule has 0 aromatic heterocycles. The summed E-state index contributed by atoms with van der Waals surface area (Å²) in [4.78, 5) is 16.5. The molecule has 0 N–H and O–H groups in total. The SMILES string of the molecule is CCOc1cc(/C=C/C(=O)N2CCN(c3ccc(F)cc3)CC2)ccc1OC. The van der Waals surface area contributed by atoms with Crippen LogP contribution in [0.5, 0.6) is 11.5 Å². The molecule has 148 valence electrons. The highest BCUT2D eigenvalue weighted by Crippen LogP contribution is 2.28. The second kappa shape index (κ2) is 9.26. The van der Waals surface area contributed by atoms with Crippen LogP contribution in [0.3, 0.4) is 0 Å². The van der Waals surface area contributed by atoms with E-state index in [-0.39, 0.29) is 11.7 Å². The molecule has 1 fully saturated rings. The van der Waals surface area contributed by atoms with Crippen LogP contribution in [-0.4, -0.2) is 50.7 Å². The van der Waals surface area contributed by atoms with Gasteiger partial charge in [0.25, 0.3) is 0 Å². The van der Waals surface area contributed by atoms with E-state index in [2.05, 4.69) is 4.90 Å². The molecule has 1 heterocycles. The quantitative estimate of drug-likeness (QED) is 0.714. The first-order valence-electron chi connectivity index (χ1n) is 9.39. The van der Waals surface area contributed by atoms with Gasteiger partial charge in [-0.05, 0) is 55.0 Å². The monoisotopic (exact) mass is 384 g/mol. The number of hydrogen-bond acceptors (Lipinski definition) is 4. The number of anilines is 1. The number of carbonyl (C=O) groups is 1. The van der Waals surface area contributed by atoms with E-state index in [1.807, 2.05) is 30.0 Å². The summed E-state index contributed by atoms with van der Waals surface area (Å²) >= 11 is 0. The average molecular weight is 384 g/mol. The Morgan fingerprint density at radius 3 is 2.43 bits per heavy atom. The number of rotatable bonds is 6. The molecule has 1 saturated heterocycles. The lowest BCUT2D eigenvalue weighted by molar-refractivity contribution is -0.126. The molecule has 1 aliphatic heterocycles. The van der Waals surface area contributed by atoms with Crippen molar-refractivity contribution in [3.63, 3.8) is 0 Å². The first kappa shape index (κ1) is 19.7. The summed E-state index contributed by atoms with van der Waals surface area (Å²) in [7, 11) is 1.60. The molecule has 0 aliphatic carbocycles. The van der Waals surface area contributed by atoms with Gasteiger partial charge in [0.15, 0.2) is 11.5 Å². The molecular formula is C22H25FN2O3. The number of halogens is 1. The molecule has 1 aliphatic rings. The number of carbonyl (C=O) groups excluding carboxylic acids is 1. The minimum atomic E-state index is -0.242. The van der Waals surface area contributed by atoms with Gasteiger partial charge in [-0.2, -0.15) is 0 Å². The highest BCUT2D eigenvalue weighted by atomic mass is 19.1. The van der Waals surface area contributed by atoms with Crippen molar-refractivity contribution in [3.05, 3.63) is 59.9 Å². The van der Waals surface area contributed by atoms with Crippen LogP contribution in [0.2, 0.25) is 0 Å². The predicted molar refractivity (Wildman–Crippen MR) is 108 cm³/mol. The summed E-state index contributed by atoms with van der Waals surface area (Å²) in [6.45, 7) is 5.17. The van der Waals surface area contributed by atoms with Crippen molar-refractivity contribution in [3.8, 4) is 11.5 Å². The fourth-order valence-corrected chi connectivity index (χ4v) is 3.18. The minimum absolute atomic E-state index is 0.0208. The van der Waals surface area contributed by atoms with Gasteiger partial charge in [-0.1, -0.05) is 6.07 Å². The van der Waals surface area contributed by atoms with E-state index < -0.39 is 0 Å². The molecular weight excluding hydrogens is 359 g/mol. The van der Waals surface area contributed by atoms with Crippen molar-refractivity contribution in [1.82, 2.24) is 4.90 Å². The normalized spacial score (nSPS) is 14.4. The topological polar surface area (TPSA) is 42.0 Å². The molecule has 5 nitrogen and oxygen atoms in total. The van der Waals surface area contributed by atoms with Gasteiger partial charge in [0, 0.05) is 37.9 Å². The van der Waals surface area contributed by atoms with Crippen molar-refractivity contribution in [1.29, 1.82) is 0 Å². The zero-order valence-electron chi connectivity index (χ0n) is 16.2. The standard InChI is InChI=1S/C22H25FN2O3/c1-3-28-21-16-17(4-10-20(21)27-2)5-11-22(26)25-14-12-24(13-15-25)19-8-6-18(23)7-9-19/h4-11,16H,3,12-15H2,1-2H3/b11-5+. The summed E-state index contributed by atoms with van der Waals surface area (Å²) in [6.07, 6.45) is 3.38. The van der Waals surface area contributed by atoms with Gasteiger partial charge >= 0.3 is 0 Å². The van der Waals surface area contributed by atoms with E-state index in [0.717, 1.165) is 24.3 Å². The van der Waals surface area contributed by atoms with Crippen LogP contribution in [0, 0.1) is 5.82 Å². The third-order valence-electron chi connectivity index (χ3n) is 4.69. The van der Waals surface area contributed by atoms with Gasteiger partial charge in [0.1, 0.15) is 5.82 Å². The second-order valence-electron chi connectivity index (χ2n) is 6.47. The Kier molecular flexibility index (Phi) is 6.53. The fourth-order valence-electron chi connectivity index (χ4n) is 3.18. The van der Waals surface area contributed by atoms with Gasteiger partial charge in [0.2, 0.25) is 5.91 Å². The first-order valence-corrected chi connectivity index (χ1v) is 9.39. The summed E-state index contributed by atoms with van der Waals surface area (Å²) in [5.74, 6) is 1.07. The summed E-state index contributed by atoms with van der Waals surface area (Å²) in [6, 6.07) is 12.0. The Hall–Kier alpha value is -3.02. The number of piperazine rings is 1. The Morgan fingerprint density at radius 1 is 1.07 bits per heavy atom. The Labute approximate surface area is 165 Å². The number of benzene rings is 2. The van der Waals surface area contributed by atoms with E-state index in [0.29, 0.717) is 31.2 Å². The van der Waals surface area contributed by atoms with E-state index >= 15 is 0 Å². The van der Waals surface area contributed by atoms with Crippen molar-refractivity contribution >= 4 is 17.7 Å². The van der Waals surface area contributed by atoms with Crippen LogP contribution in [-0.2, 0) is 4.79 Å². The second-order valence-corrected chi connectivity index (χ2v) is 6.47. The van der Waals surface area contributed by atoms with Crippen LogP contribution in [0.25, 0.3) is 6.08 Å². The maximum atomic E-state index is 13.1. The number of hydrogen-bond donors (Lipinski definition) is 0. The van der Waals surface area contributed by atoms with Gasteiger partial charge < -0.3 is 19.3 Å². The van der Waals surface area contributed by atoms with Crippen molar-refractivity contribution in [2.75, 3.05) is 44.8 Å². The van der Waals surface area contributed by atoms with Crippen LogP contribution >= 0.6 is 0 Å². The molecule has 0 radical (unpaired) electrons. The van der Waals surface area contributed by atoms with Crippen molar-refractivity contribution < 1.29 is 18.7 Å². The first-order chi connectivity index (χ1) is 13.6. The molecule has 0 saturated carbocycles. The Bertz CT molecular complexity index is 828. The molecule has 2 aromatic rings. The molecule has 6 heteroatoms. The smallest absolute Gasteiger partial charge is 0.246 e. The van der Waals surface area contributed by atoms with Crippen LogP contribution in [0.15, 0.2) is 48.5 Å². The Balaban J connectivity index is 1.58. The molecule has 1 amide bonds. The van der Waals surface area contributed by atoms with Crippen LogP contribution in [0.4, 0.5) is 10.1 Å². The number of ether oxygens (including phenoxy) is 2. The lowest BCUT2D eigenvalue weighted by Crippen LogP contribution is -2.48. The average Bonchev–Trinajstić information content (AvgIpc) is 2.73. The maximum absolute atomic E-state index is 13.1. The predicted octanol–water partition coefficient (Wildman–Crippen LogP) is 3.60. The highest BCUT2D eigenvalue weighted by Gasteiger charge is 2.19. The molecule has 0 unspecified atom stereocenters. The van der Waals surface area contributed by atoms with Gasteiger partial charge in [0.05, 0.1) is 13.7 Å². The maximum Gasteiger partial charge on any atom is 0.246 e. The zero-order chi connectivity index (χ0) is 19.9. The van der Waals surface area contributed by atoms with E-state index in [1.54, 1.807) is 31.4 Å². The van der Waals surface area contributed by atoms with Crippen LogP contribution < -0.4 is 14.4 Å². The van der Waals surface area contributed by atoms with Gasteiger partial charge in [-0.15, -0.1) is 0 Å². The van der Waals surface area contributed by atoms with E-state index in [1.165, 1.54) is 12.1 Å².